The number of para-hydroxylation sites is 1. The van der Waals surface area contributed by atoms with Crippen LogP contribution in [0.5, 0.6) is 0 Å². The van der Waals surface area contributed by atoms with Crippen LogP contribution in [0.25, 0.3) is 11.3 Å². The van der Waals surface area contributed by atoms with E-state index in [-0.39, 0.29) is 23.4 Å². The Bertz CT molecular complexity index is 1400. The van der Waals surface area contributed by atoms with Crippen LogP contribution in [0.15, 0.2) is 99.6 Å². The van der Waals surface area contributed by atoms with E-state index < -0.39 is 10.9 Å². The number of carboxylic acid groups (broad SMARTS) is 1. The summed E-state index contributed by atoms with van der Waals surface area (Å²) in [4.78, 5) is 26.7. The average molecular weight is 487 g/mol. The van der Waals surface area contributed by atoms with Gasteiger partial charge in [0.15, 0.2) is 0 Å². The summed E-state index contributed by atoms with van der Waals surface area (Å²) < 4.78 is 0. The molecule has 1 aromatic heterocycles. The Hall–Kier alpha value is -4.77. The number of nitrogens with one attached hydrogen (secondary N) is 1. The molecule has 4 rings (SSSR count). The van der Waals surface area contributed by atoms with Crippen LogP contribution < -0.4 is 5.43 Å². The molecule has 0 atom stereocenters. The molecule has 11 heteroatoms. The van der Waals surface area contributed by atoms with Gasteiger partial charge in [-0.1, -0.05) is 48.5 Å². The SMILES string of the molecule is O=C(O)/C(Cc1ccccc1[N+](=O)[O-])=N\Nc1nc(-c2ccc(N=Nc3ccccc3)cc2)cs1. The van der Waals surface area contributed by atoms with E-state index in [0.29, 0.717) is 16.5 Å². The molecular weight excluding hydrogens is 468 g/mol. The normalized spacial score (nSPS) is 11.5. The van der Waals surface area contributed by atoms with Gasteiger partial charge in [-0.05, 0) is 24.3 Å². The molecule has 0 unspecified atom stereocenters. The second-order valence-electron chi connectivity index (χ2n) is 7.16. The number of azo groups is 1. The smallest absolute Gasteiger partial charge is 0.352 e. The van der Waals surface area contributed by atoms with E-state index in [1.54, 1.807) is 11.4 Å². The Morgan fingerprint density at radius 2 is 1.63 bits per heavy atom. The first kappa shape index (κ1) is 23.4. The Kier molecular flexibility index (Phi) is 7.28. The number of nitro groups is 1. The van der Waals surface area contributed by atoms with Crippen molar-refractivity contribution in [1.82, 2.24) is 4.98 Å². The molecule has 0 saturated carbocycles. The third kappa shape index (κ3) is 6.18. The van der Waals surface area contributed by atoms with Crippen LogP contribution in [-0.2, 0) is 11.2 Å². The number of nitrogens with zero attached hydrogens (tertiary/aromatic N) is 5. The van der Waals surface area contributed by atoms with Gasteiger partial charge in [0.05, 0.1) is 22.0 Å². The number of hydrazone groups is 1. The van der Waals surface area contributed by atoms with Crippen LogP contribution in [0.4, 0.5) is 22.2 Å². The predicted molar refractivity (Wildman–Crippen MR) is 134 cm³/mol. The summed E-state index contributed by atoms with van der Waals surface area (Å²) >= 11 is 1.25. The van der Waals surface area contributed by atoms with Gasteiger partial charge in [0.2, 0.25) is 5.13 Å². The lowest BCUT2D eigenvalue weighted by molar-refractivity contribution is -0.385. The molecule has 4 aromatic rings. The zero-order chi connectivity index (χ0) is 24.6. The number of rotatable bonds is 9. The summed E-state index contributed by atoms with van der Waals surface area (Å²) in [7, 11) is 0. The minimum atomic E-state index is -1.28. The number of benzene rings is 3. The first-order chi connectivity index (χ1) is 17.0. The lowest BCUT2D eigenvalue weighted by Crippen LogP contribution is -2.18. The van der Waals surface area contributed by atoms with Gasteiger partial charge in [-0.3, -0.25) is 15.5 Å². The summed E-state index contributed by atoms with van der Waals surface area (Å²) in [5.41, 5.74) is 5.43. The Balaban J connectivity index is 1.44. The van der Waals surface area contributed by atoms with Crippen molar-refractivity contribution < 1.29 is 14.8 Å². The maximum absolute atomic E-state index is 11.6. The quantitative estimate of drug-likeness (QED) is 0.124. The van der Waals surface area contributed by atoms with Crippen LogP contribution in [0, 0.1) is 10.1 Å². The number of aromatic nitrogens is 1. The van der Waals surface area contributed by atoms with E-state index >= 15 is 0 Å². The predicted octanol–water partition coefficient (Wildman–Crippen LogP) is 6.23. The van der Waals surface area contributed by atoms with Gasteiger partial charge < -0.3 is 5.11 Å². The average Bonchev–Trinajstić information content (AvgIpc) is 3.35. The van der Waals surface area contributed by atoms with E-state index in [0.717, 1.165) is 11.3 Å². The van der Waals surface area contributed by atoms with Crippen LogP contribution >= 0.6 is 11.3 Å². The van der Waals surface area contributed by atoms with E-state index in [2.05, 4.69) is 25.7 Å². The highest BCUT2D eigenvalue weighted by atomic mass is 32.1. The van der Waals surface area contributed by atoms with E-state index in [4.69, 9.17) is 0 Å². The van der Waals surface area contributed by atoms with Crippen LogP contribution in [0.1, 0.15) is 5.56 Å². The summed E-state index contributed by atoms with van der Waals surface area (Å²) in [6, 6.07) is 22.7. The van der Waals surface area contributed by atoms with E-state index in [1.807, 2.05) is 54.6 Å². The molecule has 0 aliphatic rings. The third-order valence-corrected chi connectivity index (χ3v) is 5.53. The molecular formula is C24H18N6O4S. The lowest BCUT2D eigenvalue weighted by Gasteiger charge is -2.04. The molecule has 0 spiro atoms. The highest BCUT2D eigenvalue weighted by molar-refractivity contribution is 7.14. The van der Waals surface area contributed by atoms with Crippen LogP contribution in [0.3, 0.4) is 0 Å². The first-order valence-corrected chi connectivity index (χ1v) is 11.2. The number of thiazole rings is 1. The number of carbonyl (C=O) groups is 1. The molecule has 0 aliphatic heterocycles. The van der Waals surface area contributed by atoms with Gasteiger partial charge in [-0.25, -0.2) is 9.78 Å². The van der Waals surface area contributed by atoms with E-state index in [9.17, 15) is 20.0 Å². The molecule has 0 bridgehead atoms. The summed E-state index contributed by atoms with van der Waals surface area (Å²) in [6.45, 7) is 0. The fourth-order valence-electron chi connectivity index (χ4n) is 3.06. The third-order valence-electron chi connectivity index (χ3n) is 4.78. The largest absolute Gasteiger partial charge is 0.477 e. The number of aliphatic carboxylic acids is 1. The number of hydrogen-bond donors (Lipinski definition) is 2. The zero-order valence-electron chi connectivity index (χ0n) is 18.1. The van der Waals surface area contributed by atoms with Gasteiger partial charge in [0.25, 0.3) is 5.69 Å². The Labute approximate surface area is 203 Å². The molecule has 1 heterocycles. The Morgan fingerprint density at radius 3 is 2.31 bits per heavy atom. The minimum Gasteiger partial charge on any atom is -0.477 e. The zero-order valence-corrected chi connectivity index (χ0v) is 18.9. The van der Waals surface area contributed by atoms with Crippen molar-refractivity contribution in [3.63, 3.8) is 0 Å². The number of anilines is 1. The van der Waals surface area contributed by atoms with Crippen molar-refractivity contribution in [3.05, 3.63) is 99.9 Å². The van der Waals surface area contributed by atoms with Crippen molar-refractivity contribution in [2.24, 2.45) is 15.3 Å². The summed E-state index contributed by atoms with van der Waals surface area (Å²) in [5.74, 6) is -1.28. The van der Waals surface area contributed by atoms with Gasteiger partial charge in [-0.15, -0.1) is 11.3 Å². The van der Waals surface area contributed by atoms with Crippen molar-refractivity contribution in [2.75, 3.05) is 5.43 Å². The highest BCUT2D eigenvalue weighted by Crippen LogP contribution is 2.27. The van der Waals surface area contributed by atoms with Gasteiger partial charge >= 0.3 is 5.97 Å². The molecule has 10 nitrogen and oxygen atoms in total. The number of nitro benzene ring substituents is 1. The monoisotopic (exact) mass is 486 g/mol. The van der Waals surface area contributed by atoms with E-state index in [1.165, 1.54) is 29.5 Å². The maximum atomic E-state index is 11.6. The second kappa shape index (κ2) is 10.9. The van der Waals surface area contributed by atoms with Gasteiger partial charge in [0.1, 0.15) is 5.71 Å². The number of hydrogen-bond acceptors (Lipinski definition) is 9. The van der Waals surface area contributed by atoms with Gasteiger partial charge in [0, 0.05) is 29.0 Å². The molecule has 35 heavy (non-hydrogen) atoms. The fourth-order valence-corrected chi connectivity index (χ4v) is 3.73. The standard InChI is InChI=1S/C24H18N6O4S/c31-23(32)20(14-17-6-4-5-9-22(17)30(33)34)28-29-24-25-21(15-35-24)16-10-12-19(13-11-16)27-26-18-7-2-1-3-8-18/h1-13,15H,14H2,(H,25,29)(H,31,32)/b27-26?,28-20-. The van der Waals surface area contributed by atoms with Crippen LogP contribution in [-0.4, -0.2) is 26.7 Å². The molecule has 0 fully saturated rings. The first-order valence-electron chi connectivity index (χ1n) is 10.3. The Morgan fingerprint density at radius 1 is 0.971 bits per heavy atom. The molecule has 0 aliphatic carbocycles. The van der Waals surface area contributed by atoms with Crippen LogP contribution in [0.2, 0.25) is 0 Å². The van der Waals surface area contributed by atoms with Crippen molar-refractivity contribution in [1.29, 1.82) is 0 Å². The van der Waals surface area contributed by atoms with Crippen molar-refractivity contribution in [2.45, 2.75) is 6.42 Å². The lowest BCUT2D eigenvalue weighted by atomic mass is 10.1. The number of carboxylic acids is 1. The topological polar surface area (TPSA) is 142 Å². The van der Waals surface area contributed by atoms with Crippen molar-refractivity contribution >= 4 is 45.2 Å². The molecule has 174 valence electrons. The molecule has 0 saturated heterocycles. The minimum absolute atomic E-state index is 0.162. The maximum Gasteiger partial charge on any atom is 0.352 e. The van der Waals surface area contributed by atoms with Crippen molar-refractivity contribution in [3.8, 4) is 11.3 Å². The molecule has 0 amide bonds. The molecule has 3 aromatic carbocycles. The fraction of sp³-hybridized carbons (Fsp3) is 0.0417. The van der Waals surface area contributed by atoms with Gasteiger partial charge in [-0.2, -0.15) is 15.3 Å². The second-order valence-corrected chi connectivity index (χ2v) is 8.02. The highest BCUT2D eigenvalue weighted by Gasteiger charge is 2.18. The summed E-state index contributed by atoms with van der Waals surface area (Å²) in [6.07, 6.45) is -0.212. The molecule has 0 radical (unpaired) electrons. The molecule has 2 N–H and O–H groups in total. The summed E-state index contributed by atoms with van der Waals surface area (Å²) in [5, 5.41) is 35.2.